The van der Waals surface area contributed by atoms with Crippen molar-refractivity contribution in [1.29, 1.82) is 0 Å². The van der Waals surface area contributed by atoms with Gasteiger partial charge in [0.05, 0.1) is 12.0 Å². The highest BCUT2D eigenvalue weighted by Gasteiger charge is 2.39. The largest absolute Gasteiger partial charge is 0.465 e. The minimum atomic E-state index is -0.251. The number of cyclic esters (lactones) is 1. The van der Waals surface area contributed by atoms with Crippen molar-refractivity contribution < 1.29 is 9.53 Å². The van der Waals surface area contributed by atoms with E-state index in [1.807, 2.05) is 6.92 Å². The lowest BCUT2D eigenvalue weighted by Crippen LogP contribution is -2.22. The van der Waals surface area contributed by atoms with Gasteiger partial charge in [0.15, 0.2) is 0 Å². The van der Waals surface area contributed by atoms with Crippen LogP contribution in [0.2, 0.25) is 0 Å². The van der Waals surface area contributed by atoms with E-state index in [4.69, 9.17) is 4.74 Å². The van der Waals surface area contributed by atoms with Crippen molar-refractivity contribution in [1.82, 2.24) is 0 Å². The Morgan fingerprint density at radius 3 is 2.75 bits per heavy atom. The number of carbonyl (C=O) groups is 1. The van der Waals surface area contributed by atoms with Gasteiger partial charge < -0.3 is 4.74 Å². The highest BCUT2D eigenvalue weighted by molar-refractivity contribution is 5.78. The topological polar surface area (TPSA) is 26.3 Å². The van der Waals surface area contributed by atoms with Crippen LogP contribution in [0.1, 0.15) is 52.4 Å². The predicted octanol–water partition coefficient (Wildman–Crippen LogP) is 3.47. The van der Waals surface area contributed by atoms with Crippen molar-refractivity contribution in [3.8, 4) is 0 Å². The molecule has 0 N–H and O–H groups in total. The van der Waals surface area contributed by atoms with Crippen molar-refractivity contribution in [2.24, 2.45) is 11.3 Å². The van der Waals surface area contributed by atoms with E-state index in [0.717, 1.165) is 18.8 Å². The van der Waals surface area contributed by atoms with Crippen LogP contribution >= 0.6 is 0 Å². The Balaban J connectivity index is 1.95. The third-order valence-electron chi connectivity index (χ3n) is 3.97. The molecule has 0 aromatic heterocycles. The maximum Gasteiger partial charge on any atom is 0.312 e. The standard InChI is InChI=1S/C14H22O2/c1-11(9-12-5-3-4-6-12)10-14(2)7-8-16-13(14)15/h9,12H,3-8,10H2,1-2H3/b11-9+/t14-/m0/s1. The van der Waals surface area contributed by atoms with Crippen LogP contribution in [0.5, 0.6) is 0 Å². The van der Waals surface area contributed by atoms with E-state index in [1.54, 1.807) is 0 Å². The molecular formula is C14H22O2. The van der Waals surface area contributed by atoms with Crippen molar-refractivity contribution in [2.75, 3.05) is 6.61 Å². The fourth-order valence-corrected chi connectivity index (χ4v) is 3.01. The number of rotatable bonds is 3. The summed E-state index contributed by atoms with van der Waals surface area (Å²) < 4.78 is 5.07. The van der Waals surface area contributed by atoms with Crippen molar-refractivity contribution >= 4 is 5.97 Å². The molecule has 1 atom stereocenters. The van der Waals surface area contributed by atoms with E-state index in [1.165, 1.54) is 31.3 Å². The molecule has 2 aliphatic rings. The van der Waals surface area contributed by atoms with Gasteiger partial charge in [-0.3, -0.25) is 4.79 Å². The van der Waals surface area contributed by atoms with Crippen molar-refractivity contribution in [2.45, 2.75) is 52.4 Å². The quantitative estimate of drug-likeness (QED) is 0.540. The zero-order valence-electron chi connectivity index (χ0n) is 10.4. The molecule has 0 unspecified atom stereocenters. The maximum atomic E-state index is 11.6. The third-order valence-corrected chi connectivity index (χ3v) is 3.97. The summed E-state index contributed by atoms with van der Waals surface area (Å²) in [6.07, 6.45) is 9.55. The second-order valence-corrected chi connectivity index (χ2v) is 5.68. The van der Waals surface area contributed by atoms with Gasteiger partial charge in [0, 0.05) is 0 Å². The lowest BCUT2D eigenvalue weighted by Gasteiger charge is -2.19. The predicted molar refractivity (Wildman–Crippen MR) is 64.0 cm³/mol. The Labute approximate surface area is 98.1 Å². The zero-order chi connectivity index (χ0) is 11.6. The number of carbonyl (C=O) groups excluding carboxylic acids is 1. The molecule has 2 fully saturated rings. The molecule has 1 heterocycles. The molecule has 0 bridgehead atoms. The lowest BCUT2D eigenvalue weighted by molar-refractivity contribution is -0.145. The normalized spacial score (nSPS) is 32.1. The maximum absolute atomic E-state index is 11.6. The molecule has 2 heteroatoms. The molecule has 1 aliphatic heterocycles. The first-order chi connectivity index (χ1) is 7.60. The highest BCUT2D eigenvalue weighted by Crippen LogP contribution is 2.37. The summed E-state index contributed by atoms with van der Waals surface area (Å²) in [6, 6.07) is 0. The molecule has 2 nitrogen and oxygen atoms in total. The van der Waals surface area contributed by atoms with E-state index in [0.29, 0.717) is 6.61 Å². The van der Waals surface area contributed by atoms with Crippen LogP contribution in [-0.2, 0) is 9.53 Å². The number of esters is 1. The Hall–Kier alpha value is -0.790. The summed E-state index contributed by atoms with van der Waals surface area (Å²) in [7, 11) is 0. The molecule has 90 valence electrons. The summed E-state index contributed by atoms with van der Waals surface area (Å²) in [4.78, 5) is 11.6. The molecule has 1 saturated carbocycles. The molecule has 0 amide bonds. The second-order valence-electron chi connectivity index (χ2n) is 5.68. The first-order valence-corrected chi connectivity index (χ1v) is 6.45. The summed E-state index contributed by atoms with van der Waals surface area (Å²) in [6.45, 7) is 4.80. The molecule has 0 aromatic carbocycles. The van der Waals surface area contributed by atoms with Crippen LogP contribution in [0.25, 0.3) is 0 Å². The van der Waals surface area contributed by atoms with Gasteiger partial charge in [-0.25, -0.2) is 0 Å². The van der Waals surface area contributed by atoms with Crippen LogP contribution < -0.4 is 0 Å². The van der Waals surface area contributed by atoms with Gasteiger partial charge in [-0.1, -0.05) is 24.5 Å². The van der Waals surface area contributed by atoms with Crippen molar-refractivity contribution in [3.63, 3.8) is 0 Å². The zero-order valence-corrected chi connectivity index (χ0v) is 10.4. The summed E-state index contributed by atoms with van der Waals surface area (Å²) in [5, 5.41) is 0. The van der Waals surface area contributed by atoms with Gasteiger partial charge in [0.1, 0.15) is 0 Å². The van der Waals surface area contributed by atoms with Gasteiger partial charge in [0.2, 0.25) is 0 Å². The van der Waals surface area contributed by atoms with Crippen molar-refractivity contribution in [3.05, 3.63) is 11.6 Å². The van der Waals surface area contributed by atoms with E-state index in [9.17, 15) is 4.79 Å². The first-order valence-electron chi connectivity index (χ1n) is 6.45. The van der Waals surface area contributed by atoms with Gasteiger partial charge in [0.25, 0.3) is 0 Å². The van der Waals surface area contributed by atoms with E-state index in [2.05, 4.69) is 13.0 Å². The van der Waals surface area contributed by atoms with Crippen LogP contribution in [0.15, 0.2) is 11.6 Å². The third kappa shape index (κ3) is 2.47. The van der Waals surface area contributed by atoms with Crippen LogP contribution in [0.4, 0.5) is 0 Å². The van der Waals surface area contributed by atoms with E-state index < -0.39 is 0 Å². The SMILES string of the molecule is C/C(=C\C1CCCC1)C[C@]1(C)CCOC1=O. The smallest absolute Gasteiger partial charge is 0.312 e. The van der Waals surface area contributed by atoms with Crippen LogP contribution in [0.3, 0.4) is 0 Å². The molecule has 1 aliphatic carbocycles. The summed E-state index contributed by atoms with van der Waals surface area (Å²) >= 11 is 0. The average Bonchev–Trinajstić information content (AvgIpc) is 2.79. The highest BCUT2D eigenvalue weighted by atomic mass is 16.5. The van der Waals surface area contributed by atoms with Crippen LogP contribution in [-0.4, -0.2) is 12.6 Å². The van der Waals surface area contributed by atoms with Gasteiger partial charge in [-0.2, -0.15) is 0 Å². The second kappa shape index (κ2) is 4.60. The Bertz CT molecular complexity index is 300. The first kappa shape index (κ1) is 11.7. The summed E-state index contributed by atoms with van der Waals surface area (Å²) in [5.74, 6) is 0.757. The minimum absolute atomic E-state index is 0.00771. The van der Waals surface area contributed by atoms with Gasteiger partial charge in [-0.15, -0.1) is 0 Å². The number of hydrogen-bond acceptors (Lipinski definition) is 2. The Morgan fingerprint density at radius 2 is 2.19 bits per heavy atom. The van der Waals surface area contributed by atoms with Crippen LogP contribution in [0, 0.1) is 11.3 Å². The molecular weight excluding hydrogens is 200 g/mol. The van der Waals surface area contributed by atoms with Gasteiger partial charge in [-0.05, 0) is 45.4 Å². The molecule has 0 radical (unpaired) electrons. The van der Waals surface area contributed by atoms with E-state index in [-0.39, 0.29) is 11.4 Å². The fraction of sp³-hybridized carbons (Fsp3) is 0.786. The minimum Gasteiger partial charge on any atom is -0.465 e. The van der Waals surface area contributed by atoms with E-state index >= 15 is 0 Å². The fourth-order valence-electron chi connectivity index (χ4n) is 3.01. The number of hydrogen-bond donors (Lipinski definition) is 0. The molecule has 0 aromatic rings. The summed E-state index contributed by atoms with van der Waals surface area (Å²) in [5.41, 5.74) is 1.12. The molecule has 0 spiro atoms. The lowest BCUT2D eigenvalue weighted by atomic mass is 9.82. The monoisotopic (exact) mass is 222 g/mol. The molecule has 2 rings (SSSR count). The Morgan fingerprint density at radius 1 is 1.50 bits per heavy atom. The number of ether oxygens (including phenoxy) is 1. The molecule has 1 saturated heterocycles. The average molecular weight is 222 g/mol. The van der Waals surface area contributed by atoms with Gasteiger partial charge >= 0.3 is 5.97 Å². The number of allylic oxidation sites excluding steroid dienone is 2. The Kier molecular flexibility index (Phi) is 3.36. The molecule has 16 heavy (non-hydrogen) atoms.